The Hall–Kier alpha value is -1.72. The molecule has 27 heavy (non-hydrogen) atoms. The van der Waals surface area contributed by atoms with Crippen LogP contribution in [0.1, 0.15) is 31.9 Å². The predicted octanol–water partition coefficient (Wildman–Crippen LogP) is 4.17. The largest absolute Gasteiger partial charge is 0.374 e. The van der Waals surface area contributed by atoms with Crippen LogP contribution in [-0.2, 0) is 27.4 Å². The second-order valence-corrected chi connectivity index (χ2v) is 7.65. The van der Waals surface area contributed by atoms with Gasteiger partial charge < -0.3 is 19.3 Å². The Bertz CT molecular complexity index is 684. The highest BCUT2D eigenvalue weighted by molar-refractivity contribution is 5.14. The SMILES string of the molecule is CC1C(COCc2ccccc2)OC(C)(O)C(OCc2ccccc2)C1C. The van der Waals surface area contributed by atoms with Gasteiger partial charge in [-0.3, -0.25) is 0 Å². The van der Waals surface area contributed by atoms with Crippen LogP contribution in [0.4, 0.5) is 0 Å². The van der Waals surface area contributed by atoms with Gasteiger partial charge in [-0.2, -0.15) is 0 Å². The molecule has 0 aromatic heterocycles. The van der Waals surface area contributed by atoms with Gasteiger partial charge in [0.2, 0.25) is 0 Å². The zero-order valence-corrected chi connectivity index (χ0v) is 16.4. The van der Waals surface area contributed by atoms with Gasteiger partial charge in [0, 0.05) is 0 Å². The Kier molecular flexibility index (Phi) is 6.66. The number of aliphatic hydroxyl groups is 1. The molecule has 5 atom stereocenters. The second kappa shape index (κ2) is 8.98. The van der Waals surface area contributed by atoms with Crippen LogP contribution < -0.4 is 0 Å². The van der Waals surface area contributed by atoms with Crippen molar-refractivity contribution in [3.63, 3.8) is 0 Å². The molecule has 1 aliphatic rings. The van der Waals surface area contributed by atoms with Crippen LogP contribution in [0, 0.1) is 11.8 Å². The number of hydrogen-bond acceptors (Lipinski definition) is 4. The van der Waals surface area contributed by atoms with Crippen molar-refractivity contribution >= 4 is 0 Å². The number of rotatable bonds is 7. The Morgan fingerprint density at radius 3 is 2.04 bits per heavy atom. The summed E-state index contributed by atoms with van der Waals surface area (Å²) in [5.74, 6) is -0.994. The van der Waals surface area contributed by atoms with Crippen LogP contribution in [-0.4, -0.2) is 29.7 Å². The van der Waals surface area contributed by atoms with Crippen molar-refractivity contribution in [2.24, 2.45) is 11.8 Å². The molecule has 3 rings (SSSR count). The molecule has 2 aromatic rings. The van der Waals surface area contributed by atoms with Gasteiger partial charge >= 0.3 is 0 Å². The van der Waals surface area contributed by atoms with Crippen LogP contribution in [0.25, 0.3) is 0 Å². The van der Waals surface area contributed by atoms with E-state index in [0.717, 1.165) is 11.1 Å². The first-order valence-corrected chi connectivity index (χ1v) is 9.65. The molecular weight excluding hydrogens is 340 g/mol. The molecule has 2 aromatic carbocycles. The second-order valence-electron chi connectivity index (χ2n) is 7.65. The van der Waals surface area contributed by atoms with E-state index in [2.05, 4.69) is 13.8 Å². The maximum Gasteiger partial charge on any atom is 0.190 e. The zero-order valence-electron chi connectivity index (χ0n) is 16.4. The predicted molar refractivity (Wildman–Crippen MR) is 105 cm³/mol. The van der Waals surface area contributed by atoms with Crippen molar-refractivity contribution in [1.82, 2.24) is 0 Å². The van der Waals surface area contributed by atoms with E-state index in [1.165, 1.54) is 0 Å². The van der Waals surface area contributed by atoms with Crippen LogP contribution in [0.2, 0.25) is 0 Å². The van der Waals surface area contributed by atoms with Gasteiger partial charge in [0.25, 0.3) is 0 Å². The lowest BCUT2D eigenvalue weighted by Gasteiger charge is -2.48. The summed E-state index contributed by atoms with van der Waals surface area (Å²) in [6.07, 6.45) is -0.562. The van der Waals surface area contributed by atoms with Gasteiger partial charge in [-0.25, -0.2) is 0 Å². The van der Waals surface area contributed by atoms with E-state index < -0.39 is 11.9 Å². The van der Waals surface area contributed by atoms with Crippen LogP contribution >= 0.6 is 0 Å². The average Bonchev–Trinajstić information content (AvgIpc) is 2.67. The molecule has 1 heterocycles. The minimum atomic E-state index is -1.35. The van der Waals surface area contributed by atoms with Gasteiger partial charge in [0.1, 0.15) is 6.10 Å². The topological polar surface area (TPSA) is 47.9 Å². The summed E-state index contributed by atoms with van der Waals surface area (Å²) in [5.41, 5.74) is 2.21. The fourth-order valence-electron chi connectivity index (χ4n) is 3.70. The van der Waals surface area contributed by atoms with E-state index in [1.54, 1.807) is 6.92 Å². The highest BCUT2D eigenvalue weighted by Crippen LogP contribution is 2.38. The maximum absolute atomic E-state index is 10.9. The summed E-state index contributed by atoms with van der Waals surface area (Å²) in [4.78, 5) is 0. The fraction of sp³-hybridized carbons (Fsp3) is 0.478. The molecule has 1 aliphatic heterocycles. The highest BCUT2D eigenvalue weighted by Gasteiger charge is 2.48. The lowest BCUT2D eigenvalue weighted by Crippen LogP contribution is -2.58. The molecule has 1 saturated heterocycles. The summed E-state index contributed by atoms with van der Waals surface area (Å²) in [6, 6.07) is 20.1. The van der Waals surface area contributed by atoms with Crippen LogP contribution in [0.5, 0.6) is 0 Å². The molecule has 5 unspecified atom stereocenters. The molecule has 0 amide bonds. The van der Waals surface area contributed by atoms with Gasteiger partial charge in [-0.05, 0) is 29.9 Å². The highest BCUT2D eigenvalue weighted by atomic mass is 16.7. The molecule has 0 radical (unpaired) electrons. The molecule has 0 spiro atoms. The standard InChI is InChI=1S/C23H30O4/c1-17-18(2)22(26-15-20-12-8-5-9-13-20)23(3,24)27-21(17)16-25-14-19-10-6-4-7-11-19/h4-13,17-18,21-22,24H,14-16H2,1-3H3. The Morgan fingerprint density at radius 2 is 1.44 bits per heavy atom. The van der Waals surface area contributed by atoms with Gasteiger partial charge in [-0.15, -0.1) is 0 Å². The van der Waals surface area contributed by atoms with E-state index >= 15 is 0 Å². The smallest absolute Gasteiger partial charge is 0.190 e. The average molecular weight is 370 g/mol. The number of hydrogen-bond donors (Lipinski definition) is 1. The first-order chi connectivity index (χ1) is 13.0. The molecular formula is C23H30O4. The summed E-state index contributed by atoms with van der Waals surface area (Å²) < 4.78 is 17.9. The minimum absolute atomic E-state index is 0.141. The van der Waals surface area contributed by atoms with Gasteiger partial charge in [0.05, 0.1) is 25.9 Å². The molecule has 0 bridgehead atoms. The molecule has 0 saturated carbocycles. The normalized spacial score (nSPS) is 31.0. The number of benzene rings is 2. The maximum atomic E-state index is 10.9. The quantitative estimate of drug-likeness (QED) is 0.795. The van der Waals surface area contributed by atoms with Crippen LogP contribution in [0.15, 0.2) is 60.7 Å². The zero-order chi connectivity index (χ0) is 19.3. The van der Waals surface area contributed by atoms with Crippen molar-refractivity contribution in [3.05, 3.63) is 71.8 Å². The molecule has 1 fully saturated rings. The fourth-order valence-corrected chi connectivity index (χ4v) is 3.70. The first-order valence-electron chi connectivity index (χ1n) is 9.65. The van der Waals surface area contributed by atoms with E-state index in [0.29, 0.717) is 19.8 Å². The minimum Gasteiger partial charge on any atom is -0.374 e. The third-order valence-corrected chi connectivity index (χ3v) is 5.48. The summed E-state index contributed by atoms with van der Waals surface area (Å²) in [6.45, 7) is 7.38. The third-order valence-electron chi connectivity index (χ3n) is 5.48. The Morgan fingerprint density at radius 1 is 0.889 bits per heavy atom. The molecule has 4 nitrogen and oxygen atoms in total. The van der Waals surface area contributed by atoms with Crippen molar-refractivity contribution in [2.75, 3.05) is 6.61 Å². The van der Waals surface area contributed by atoms with E-state index in [4.69, 9.17) is 14.2 Å². The molecule has 146 valence electrons. The molecule has 0 aliphatic carbocycles. The monoisotopic (exact) mass is 370 g/mol. The van der Waals surface area contributed by atoms with Crippen LogP contribution in [0.3, 0.4) is 0 Å². The summed E-state index contributed by atoms with van der Waals surface area (Å²) in [7, 11) is 0. The van der Waals surface area contributed by atoms with Gasteiger partial charge in [0.15, 0.2) is 5.79 Å². The van der Waals surface area contributed by atoms with E-state index in [-0.39, 0.29) is 17.9 Å². The first kappa shape index (κ1) is 20.0. The van der Waals surface area contributed by atoms with Gasteiger partial charge in [-0.1, -0.05) is 74.5 Å². The van der Waals surface area contributed by atoms with Crippen molar-refractivity contribution in [1.29, 1.82) is 0 Å². The summed E-state index contributed by atoms with van der Waals surface area (Å²) >= 11 is 0. The van der Waals surface area contributed by atoms with Crippen molar-refractivity contribution < 1.29 is 19.3 Å². The van der Waals surface area contributed by atoms with E-state index in [1.807, 2.05) is 60.7 Å². The third kappa shape index (κ3) is 5.17. The van der Waals surface area contributed by atoms with Crippen molar-refractivity contribution in [2.45, 2.75) is 52.0 Å². The summed E-state index contributed by atoms with van der Waals surface area (Å²) in [5, 5.41) is 10.9. The van der Waals surface area contributed by atoms with Crippen molar-refractivity contribution in [3.8, 4) is 0 Å². The Labute approximate surface area is 162 Å². The molecule has 4 heteroatoms. The lowest BCUT2D eigenvalue weighted by atomic mass is 9.80. The Balaban J connectivity index is 1.56. The van der Waals surface area contributed by atoms with E-state index in [9.17, 15) is 5.11 Å². The lowest BCUT2D eigenvalue weighted by molar-refractivity contribution is -0.332. The molecule has 1 N–H and O–H groups in total. The number of ether oxygens (including phenoxy) is 3.